The van der Waals surface area contributed by atoms with Gasteiger partial charge in [-0.15, -0.1) is 0 Å². The van der Waals surface area contributed by atoms with Gasteiger partial charge in [0.15, 0.2) is 5.84 Å². The summed E-state index contributed by atoms with van der Waals surface area (Å²) in [5, 5.41) is 14.7. The molecule has 1 fully saturated rings. The van der Waals surface area contributed by atoms with Gasteiger partial charge in [-0.1, -0.05) is 49.3 Å². The summed E-state index contributed by atoms with van der Waals surface area (Å²) in [6.45, 7) is 4.11. The number of carbonyl (C=O) groups excluding carboxylic acids is 1. The molecule has 102 valence electrons. The highest BCUT2D eigenvalue weighted by Crippen LogP contribution is 2.51. The maximum atomic E-state index is 12.1. The molecule has 0 spiro atoms. The van der Waals surface area contributed by atoms with Crippen LogP contribution in [0.1, 0.15) is 31.9 Å². The first-order valence-electron chi connectivity index (χ1n) is 6.28. The molecule has 0 aromatic heterocycles. The fraction of sp³-hybridized carbons (Fsp3) is 0.429. The molecule has 4 N–H and O–H groups in total. The van der Waals surface area contributed by atoms with Gasteiger partial charge >= 0.3 is 0 Å². The number of benzene rings is 1. The lowest BCUT2D eigenvalue weighted by molar-refractivity contribution is -0.123. The number of rotatable bonds is 4. The fourth-order valence-electron chi connectivity index (χ4n) is 2.19. The average Bonchev–Trinajstić information content (AvgIpc) is 3.05. The van der Waals surface area contributed by atoms with Gasteiger partial charge in [-0.2, -0.15) is 0 Å². The maximum absolute atomic E-state index is 12.1. The highest BCUT2D eigenvalue weighted by atomic mass is 16.4. The van der Waals surface area contributed by atoms with E-state index in [9.17, 15) is 4.79 Å². The summed E-state index contributed by atoms with van der Waals surface area (Å²) in [6, 6.07) is 8.65. The molecule has 2 rings (SSSR count). The third-order valence-electron chi connectivity index (χ3n) is 3.66. The van der Waals surface area contributed by atoms with Crippen LogP contribution in [-0.2, 0) is 4.79 Å². The van der Waals surface area contributed by atoms with E-state index in [1.807, 2.05) is 30.3 Å². The van der Waals surface area contributed by atoms with Crippen LogP contribution in [0.15, 0.2) is 35.5 Å². The van der Waals surface area contributed by atoms with Crippen LogP contribution in [0.5, 0.6) is 0 Å². The van der Waals surface area contributed by atoms with Crippen molar-refractivity contribution in [3.8, 4) is 0 Å². The molecular formula is C14H19N3O2. The first kappa shape index (κ1) is 13.4. The summed E-state index contributed by atoms with van der Waals surface area (Å²) in [7, 11) is 0. The Hall–Kier alpha value is -2.04. The molecule has 1 aromatic carbocycles. The molecule has 2 unspecified atom stereocenters. The fourth-order valence-corrected chi connectivity index (χ4v) is 2.19. The smallest absolute Gasteiger partial charge is 0.224 e. The zero-order valence-electron chi connectivity index (χ0n) is 11.1. The minimum atomic E-state index is -0.588. The molecule has 1 aliphatic rings. The zero-order valence-corrected chi connectivity index (χ0v) is 11.1. The molecule has 19 heavy (non-hydrogen) atoms. The van der Waals surface area contributed by atoms with Crippen molar-refractivity contribution in [3.63, 3.8) is 0 Å². The topological polar surface area (TPSA) is 87.7 Å². The Balaban J connectivity index is 2.14. The summed E-state index contributed by atoms with van der Waals surface area (Å²) < 4.78 is 0. The van der Waals surface area contributed by atoms with E-state index >= 15 is 0 Å². The molecule has 2 atom stereocenters. The number of nitrogens with two attached hydrogens (primary N) is 1. The Morgan fingerprint density at radius 1 is 1.47 bits per heavy atom. The van der Waals surface area contributed by atoms with Gasteiger partial charge in [0.25, 0.3) is 0 Å². The van der Waals surface area contributed by atoms with Gasteiger partial charge in [0.05, 0.1) is 0 Å². The summed E-state index contributed by atoms with van der Waals surface area (Å²) >= 11 is 0. The Morgan fingerprint density at radius 2 is 2.05 bits per heavy atom. The summed E-state index contributed by atoms with van der Waals surface area (Å²) in [5.74, 6) is -0.0614. The maximum Gasteiger partial charge on any atom is 0.224 e. The molecular weight excluding hydrogens is 242 g/mol. The van der Waals surface area contributed by atoms with Crippen molar-refractivity contribution in [2.75, 3.05) is 0 Å². The number of nitrogens with zero attached hydrogens (tertiary/aromatic N) is 1. The molecule has 1 saturated carbocycles. The molecule has 0 saturated heterocycles. The van der Waals surface area contributed by atoms with E-state index in [0.717, 1.165) is 12.0 Å². The van der Waals surface area contributed by atoms with Crippen LogP contribution < -0.4 is 11.1 Å². The van der Waals surface area contributed by atoms with Crippen molar-refractivity contribution in [2.24, 2.45) is 22.2 Å². The van der Waals surface area contributed by atoms with Gasteiger partial charge in [-0.05, 0) is 17.4 Å². The van der Waals surface area contributed by atoms with Gasteiger partial charge in [0, 0.05) is 5.92 Å². The van der Waals surface area contributed by atoms with Crippen molar-refractivity contribution in [2.45, 2.75) is 26.3 Å². The van der Waals surface area contributed by atoms with E-state index in [2.05, 4.69) is 24.3 Å². The number of amides is 1. The molecule has 0 aliphatic heterocycles. The van der Waals surface area contributed by atoms with E-state index < -0.39 is 6.04 Å². The van der Waals surface area contributed by atoms with Gasteiger partial charge in [0.1, 0.15) is 6.04 Å². The van der Waals surface area contributed by atoms with Crippen molar-refractivity contribution >= 4 is 11.7 Å². The molecule has 1 amide bonds. The van der Waals surface area contributed by atoms with E-state index in [0.29, 0.717) is 0 Å². The van der Waals surface area contributed by atoms with Crippen LogP contribution in [0.3, 0.4) is 0 Å². The van der Waals surface area contributed by atoms with Gasteiger partial charge in [-0.3, -0.25) is 4.79 Å². The van der Waals surface area contributed by atoms with Crippen LogP contribution in [-0.4, -0.2) is 17.0 Å². The lowest BCUT2D eigenvalue weighted by Crippen LogP contribution is -2.39. The Labute approximate surface area is 112 Å². The highest BCUT2D eigenvalue weighted by molar-refractivity contribution is 5.92. The van der Waals surface area contributed by atoms with Crippen LogP contribution in [0.4, 0.5) is 0 Å². The SMILES string of the molecule is CC1(C)CC1C(=O)NC(/C(N)=N/O)c1ccccc1. The van der Waals surface area contributed by atoms with Gasteiger partial charge in [0.2, 0.25) is 5.91 Å². The third-order valence-corrected chi connectivity index (χ3v) is 3.66. The van der Waals surface area contributed by atoms with Crippen LogP contribution in [0, 0.1) is 11.3 Å². The average molecular weight is 261 g/mol. The monoisotopic (exact) mass is 261 g/mol. The van der Waals surface area contributed by atoms with Gasteiger partial charge < -0.3 is 16.3 Å². The molecule has 5 heteroatoms. The predicted octanol–water partition coefficient (Wildman–Crippen LogP) is 1.64. The van der Waals surface area contributed by atoms with Crippen LogP contribution in [0.2, 0.25) is 0 Å². The zero-order chi connectivity index (χ0) is 14.0. The molecule has 0 heterocycles. The second-order valence-electron chi connectivity index (χ2n) is 5.62. The summed E-state index contributed by atoms with van der Waals surface area (Å²) in [6.07, 6.45) is 0.872. The van der Waals surface area contributed by atoms with E-state index in [4.69, 9.17) is 10.9 Å². The van der Waals surface area contributed by atoms with Crippen LogP contribution in [0.25, 0.3) is 0 Å². The summed E-state index contributed by atoms with van der Waals surface area (Å²) in [4.78, 5) is 12.1. The Kier molecular flexibility index (Phi) is 3.46. The van der Waals surface area contributed by atoms with E-state index in [1.165, 1.54) is 0 Å². The second-order valence-corrected chi connectivity index (χ2v) is 5.62. The minimum absolute atomic E-state index is 0.00482. The van der Waals surface area contributed by atoms with Crippen molar-refractivity contribution in [1.29, 1.82) is 0 Å². The molecule has 1 aromatic rings. The molecule has 0 bridgehead atoms. The standard InChI is InChI=1S/C14H19N3O2/c1-14(2)8-10(14)13(18)16-11(12(15)17-19)9-6-4-3-5-7-9/h3-7,10-11,19H,8H2,1-2H3,(H2,15,17)(H,16,18). The highest BCUT2D eigenvalue weighted by Gasteiger charge is 2.51. The van der Waals surface area contributed by atoms with Gasteiger partial charge in [-0.25, -0.2) is 0 Å². The van der Waals surface area contributed by atoms with Crippen LogP contribution >= 0.6 is 0 Å². The number of nitrogens with one attached hydrogen (secondary N) is 1. The number of oxime groups is 1. The lowest BCUT2D eigenvalue weighted by atomic mass is 10.0. The van der Waals surface area contributed by atoms with E-state index in [1.54, 1.807) is 0 Å². The molecule has 1 aliphatic carbocycles. The van der Waals surface area contributed by atoms with Crippen molar-refractivity contribution in [1.82, 2.24) is 5.32 Å². The number of amidine groups is 1. The first-order chi connectivity index (χ1) is 8.95. The molecule has 5 nitrogen and oxygen atoms in total. The minimum Gasteiger partial charge on any atom is -0.409 e. The quantitative estimate of drug-likeness (QED) is 0.333. The van der Waals surface area contributed by atoms with Crippen molar-refractivity contribution < 1.29 is 10.0 Å². The number of hydrogen-bond acceptors (Lipinski definition) is 3. The third kappa shape index (κ3) is 2.86. The molecule has 0 radical (unpaired) electrons. The first-order valence-corrected chi connectivity index (χ1v) is 6.28. The second kappa shape index (κ2) is 4.91. The predicted molar refractivity (Wildman–Crippen MR) is 72.6 cm³/mol. The Bertz CT molecular complexity index is 497. The van der Waals surface area contributed by atoms with Crippen molar-refractivity contribution in [3.05, 3.63) is 35.9 Å². The number of carbonyl (C=O) groups is 1. The largest absolute Gasteiger partial charge is 0.409 e. The summed E-state index contributed by atoms with van der Waals surface area (Å²) in [5.41, 5.74) is 6.52. The number of hydrogen-bond donors (Lipinski definition) is 3. The normalized spacial score (nSPS) is 22.6. The van der Waals surface area contributed by atoms with E-state index in [-0.39, 0.29) is 23.1 Å². The lowest BCUT2D eigenvalue weighted by Gasteiger charge is -2.18. The Morgan fingerprint density at radius 3 is 2.53 bits per heavy atom.